The maximum absolute atomic E-state index is 13.8. The molecule has 0 bridgehead atoms. The molecule has 3 amide bonds. The Labute approximate surface area is 215 Å². The molecule has 0 aliphatic heterocycles. The van der Waals surface area contributed by atoms with Gasteiger partial charge in [-0.15, -0.1) is 0 Å². The van der Waals surface area contributed by atoms with E-state index in [0.29, 0.717) is 12.0 Å². The highest BCUT2D eigenvalue weighted by molar-refractivity contribution is 5.92. The third-order valence-corrected chi connectivity index (χ3v) is 5.30. The van der Waals surface area contributed by atoms with Gasteiger partial charge < -0.3 is 25.0 Å². The minimum absolute atomic E-state index is 0.0241. The number of nitrogens with zero attached hydrogens (tertiary/aromatic N) is 1. The molecule has 0 heterocycles. The van der Waals surface area contributed by atoms with Crippen molar-refractivity contribution in [3.63, 3.8) is 0 Å². The highest BCUT2D eigenvalue weighted by Crippen LogP contribution is 2.26. The van der Waals surface area contributed by atoms with Gasteiger partial charge in [-0.05, 0) is 65.0 Å². The van der Waals surface area contributed by atoms with Crippen LogP contribution in [0.5, 0.6) is 0 Å². The number of carbonyl (C=O) groups is 4. The van der Waals surface area contributed by atoms with Gasteiger partial charge >= 0.3 is 12.1 Å². The first-order valence-corrected chi connectivity index (χ1v) is 12.6. The number of amides is 3. The molecule has 9 nitrogen and oxygen atoms in total. The Morgan fingerprint density at radius 2 is 1.69 bits per heavy atom. The number of hydrogen-bond donors (Lipinski definition) is 2. The normalized spacial score (nSPS) is 12.9. The number of ether oxygens (including phenoxy) is 2. The fraction of sp³-hybridized carbons (Fsp3) is 0.630. The van der Waals surface area contributed by atoms with E-state index in [-0.39, 0.29) is 37.9 Å². The third kappa shape index (κ3) is 10.3. The summed E-state index contributed by atoms with van der Waals surface area (Å²) >= 11 is 0. The standard InChI is InChI=1S/C27H43N3O6/c1-9-30(25(33)21(17-18(3)4)29-26(34)36-27(6,7)8)23(20-14-12-11-13-19(20)5)24(32)28-16-15-22(31)35-10-2/h11-14,18,21,23H,9-10,15-17H2,1-8H3,(H,28,32)(H,29,34). The van der Waals surface area contributed by atoms with Crippen LogP contribution < -0.4 is 10.6 Å². The summed E-state index contributed by atoms with van der Waals surface area (Å²) in [5.74, 6) is -1.11. The highest BCUT2D eigenvalue weighted by atomic mass is 16.6. The summed E-state index contributed by atoms with van der Waals surface area (Å²) in [7, 11) is 0. The maximum atomic E-state index is 13.8. The maximum Gasteiger partial charge on any atom is 0.408 e. The van der Waals surface area contributed by atoms with E-state index in [4.69, 9.17) is 9.47 Å². The third-order valence-electron chi connectivity index (χ3n) is 5.30. The Kier molecular flexibility index (Phi) is 12.4. The minimum atomic E-state index is -0.944. The molecule has 0 aliphatic rings. The van der Waals surface area contributed by atoms with Crippen LogP contribution in [0.25, 0.3) is 0 Å². The Bertz CT molecular complexity index is 894. The molecule has 1 aromatic rings. The molecular weight excluding hydrogens is 462 g/mol. The molecular formula is C27H43N3O6. The molecule has 0 spiro atoms. The Balaban J connectivity index is 3.28. The van der Waals surface area contributed by atoms with Gasteiger partial charge in [0.25, 0.3) is 0 Å². The van der Waals surface area contributed by atoms with Crippen molar-refractivity contribution >= 4 is 23.9 Å². The van der Waals surface area contributed by atoms with Crippen molar-refractivity contribution < 1.29 is 28.7 Å². The predicted molar refractivity (Wildman–Crippen MR) is 138 cm³/mol. The summed E-state index contributed by atoms with van der Waals surface area (Å²) in [6, 6.07) is 5.53. The van der Waals surface area contributed by atoms with Crippen molar-refractivity contribution in [2.45, 2.75) is 85.9 Å². The smallest absolute Gasteiger partial charge is 0.408 e. The molecule has 202 valence electrons. The summed E-state index contributed by atoms with van der Waals surface area (Å²) in [6.07, 6.45) is -0.292. The van der Waals surface area contributed by atoms with Crippen molar-refractivity contribution in [1.29, 1.82) is 0 Å². The number of rotatable bonds is 12. The highest BCUT2D eigenvalue weighted by Gasteiger charge is 2.36. The monoisotopic (exact) mass is 505 g/mol. The van der Waals surface area contributed by atoms with Gasteiger partial charge in [-0.25, -0.2) is 4.79 Å². The van der Waals surface area contributed by atoms with Crippen LogP contribution in [0.4, 0.5) is 4.79 Å². The zero-order valence-electron chi connectivity index (χ0n) is 23.0. The summed E-state index contributed by atoms with van der Waals surface area (Å²) < 4.78 is 10.3. The largest absolute Gasteiger partial charge is 0.466 e. The molecule has 1 rings (SSSR count). The lowest BCUT2D eigenvalue weighted by atomic mass is 9.96. The first kappa shape index (κ1) is 30.9. The van der Waals surface area contributed by atoms with Crippen LogP contribution in [-0.4, -0.2) is 60.1 Å². The molecule has 2 unspecified atom stereocenters. The van der Waals surface area contributed by atoms with Gasteiger partial charge in [0, 0.05) is 13.1 Å². The zero-order chi connectivity index (χ0) is 27.5. The SMILES string of the molecule is CCOC(=O)CCNC(=O)C(c1ccccc1C)N(CC)C(=O)C(CC(C)C)NC(=O)OC(C)(C)C. The van der Waals surface area contributed by atoms with Crippen LogP contribution in [0.1, 0.15) is 78.5 Å². The first-order chi connectivity index (χ1) is 16.8. The average molecular weight is 506 g/mol. The van der Waals surface area contributed by atoms with Crippen LogP contribution in [0.2, 0.25) is 0 Å². The van der Waals surface area contributed by atoms with Gasteiger partial charge in [0.2, 0.25) is 11.8 Å². The molecule has 0 radical (unpaired) electrons. The van der Waals surface area contributed by atoms with Crippen LogP contribution in [0.15, 0.2) is 24.3 Å². The lowest BCUT2D eigenvalue weighted by Crippen LogP contribution is -2.53. The van der Waals surface area contributed by atoms with Crippen LogP contribution in [0, 0.1) is 12.8 Å². The van der Waals surface area contributed by atoms with E-state index in [0.717, 1.165) is 5.56 Å². The number of aryl methyl sites for hydroxylation is 1. The van der Waals surface area contributed by atoms with Crippen LogP contribution >= 0.6 is 0 Å². The van der Waals surface area contributed by atoms with Gasteiger partial charge in [0.05, 0.1) is 13.0 Å². The second kappa shape index (κ2) is 14.5. The van der Waals surface area contributed by atoms with Gasteiger partial charge in [-0.1, -0.05) is 38.1 Å². The predicted octanol–water partition coefficient (Wildman–Crippen LogP) is 3.89. The van der Waals surface area contributed by atoms with Crippen molar-refractivity contribution in [2.24, 2.45) is 5.92 Å². The van der Waals surface area contributed by atoms with E-state index in [1.807, 2.05) is 39.0 Å². The van der Waals surface area contributed by atoms with Crippen LogP contribution in [-0.2, 0) is 23.9 Å². The van der Waals surface area contributed by atoms with Crippen molar-refractivity contribution in [3.8, 4) is 0 Å². The molecule has 0 fully saturated rings. The number of hydrogen-bond acceptors (Lipinski definition) is 6. The van der Waals surface area contributed by atoms with Crippen molar-refractivity contribution in [3.05, 3.63) is 35.4 Å². The number of likely N-dealkylation sites (N-methyl/N-ethyl adjacent to an activating group) is 1. The molecule has 36 heavy (non-hydrogen) atoms. The quantitative estimate of drug-likeness (QED) is 0.417. The Morgan fingerprint density at radius 1 is 1.06 bits per heavy atom. The van der Waals surface area contributed by atoms with E-state index in [2.05, 4.69) is 10.6 Å². The molecule has 2 N–H and O–H groups in total. The summed E-state index contributed by atoms with van der Waals surface area (Å²) in [6.45, 7) is 15.1. The number of alkyl carbamates (subject to hydrolysis) is 1. The summed E-state index contributed by atoms with van der Waals surface area (Å²) in [5, 5.41) is 5.48. The topological polar surface area (TPSA) is 114 Å². The van der Waals surface area contributed by atoms with E-state index in [1.165, 1.54) is 4.90 Å². The van der Waals surface area contributed by atoms with E-state index < -0.39 is 35.7 Å². The second-order valence-corrected chi connectivity index (χ2v) is 10.1. The lowest BCUT2D eigenvalue weighted by Gasteiger charge is -2.34. The van der Waals surface area contributed by atoms with E-state index in [9.17, 15) is 19.2 Å². The van der Waals surface area contributed by atoms with Gasteiger partial charge in [-0.3, -0.25) is 14.4 Å². The molecule has 0 saturated carbocycles. The molecule has 9 heteroatoms. The number of carbonyl (C=O) groups excluding carboxylic acids is 4. The molecule has 0 aliphatic carbocycles. The van der Waals surface area contributed by atoms with Crippen molar-refractivity contribution in [2.75, 3.05) is 19.7 Å². The Morgan fingerprint density at radius 3 is 2.22 bits per heavy atom. The van der Waals surface area contributed by atoms with Crippen molar-refractivity contribution in [1.82, 2.24) is 15.5 Å². The zero-order valence-corrected chi connectivity index (χ0v) is 23.0. The number of nitrogens with one attached hydrogen (secondary N) is 2. The summed E-state index contributed by atoms with van der Waals surface area (Å²) in [5.41, 5.74) is 0.791. The second-order valence-electron chi connectivity index (χ2n) is 10.1. The molecule has 2 atom stereocenters. The summed E-state index contributed by atoms with van der Waals surface area (Å²) in [4.78, 5) is 52.9. The van der Waals surface area contributed by atoms with Gasteiger partial charge in [0.15, 0.2) is 0 Å². The molecule has 0 aromatic heterocycles. The fourth-order valence-corrected chi connectivity index (χ4v) is 3.77. The number of esters is 1. The lowest BCUT2D eigenvalue weighted by molar-refractivity contribution is -0.144. The minimum Gasteiger partial charge on any atom is -0.466 e. The van der Waals surface area contributed by atoms with Gasteiger partial charge in [0.1, 0.15) is 17.7 Å². The van der Waals surface area contributed by atoms with E-state index >= 15 is 0 Å². The number of benzene rings is 1. The van der Waals surface area contributed by atoms with E-state index in [1.54, 1.807) is 40.7 Å². The van der Waals surface area contributed by atoms with Crippen LogP contribution in [0.3, 0.4) is 0 Å². The average Bonchev–Trinajstić information content (AvgIpc) is 2.75. The first-order valence-electron chi connectivity index (χ1n) is 12.6. The molecule has 0 saturated heterocycles. The fourth-order valence-electron chi connectivity index (χ4n) is 3.77. The Hall–Kier alpha value is -3.10. The van der Waals surface area contributed by atoms with Gasteiger partial charge in [-0.2, -0.15) is 0 Å². The molecule has 1 aromatic carbocycles.